The first-order valence-corrected chi connectivity index (χ1v) is 9.08. The van der Waals surface area contributed by atoms with Gasteiger partial charge in [0.25, 0.3) is 0 Å². The Bertz CT molecular complexity index is 851. The van der Waals surface area contributed by atoms with E-state index in [-0.39, 0.29) is 13.2 Å². The van der Waals surface area contributed by atoms with Crippen LogP contribution in [0.1, 0.15) is 22.6 Å². The van der Waals surface area contributed by atoms with Crippen LogP contribution in [-0.2, 0) is 17.6 Å². The second-order valence-corrected chi connectivity index (χ2v) is 6.51. The number of carboxylic acid groups (broad SMARTS) is 1. The van der Waals surface area contributed by atoms with E-state index < -0.39 is 11.9 Å². The van der Waals surface area contributed by atoms with E-state index >= 15 is 0 Å². The monoisotopic (exact) mass is 387 g/mol. The molecule has 1 heterocycles. The zero-order valence-corrected chi connectivity index (χ0v) is 16.3. The second-order valence-electron chi connectivity index (χ2n) is 6.51. The molecule has 0 aliphatic carbocycles. The molecule has 1 aliphatic rings. The van der Waals surface area contributed by atoms with Crippen LogP contribution in [0.5, 0.6) is 23.0 Å². The molecule has 3 rings (SSSR count). The van der Waals surface area contributed by atoms with Crippen LogP contribution < -0.4 is 24.3 Å². The average molecular weight is 387 g/mol. The number of nitrogens with one attached hydrogen (secondary N) is 1. The summed E-state index contributed by atoms with van der Waals surface area (Å²) in [6.45, 7) is 0.861. The van der Waals surface area contributed by atoms with Crippen molar-refractivity contribution in [1.29, 1.82) is 0 Å². The lowest BCUT2D eigenvalue weighted by Crippen LogP contribution is -2.19. The van der Waals surface area contributed by atoms with Crippen molar-refractivity contribution < 1.29 is 28.8 Å². The summed E-state index contributed by atoms with van der Waals surface area (Å²) in [6.07, 6.45) is 0.951. The third-order valence-corrected chi connectivity index (χ3v) is 4.87. The Morgan fingerprint density at radius 1 is 1.18 bits per heavy atom. The van der Waals surface area contributed by atoms with Gasteiger partial charge in [-0.15, -0.1) is 0 Å². The Hall–Kier alpha value is -2.93. The number of fused-ring (bicyclic) bond motifs is 1. The van der Waals surface area contributed by atoms with Gasteiger partial charge in [-0.05, 0) is 61.3 Å². The van der Waals surface area contributed by atoms with Crippen molar-refractivity contribution in [3.05, 3.63) is 47.0 Å². The molecule has 1 atom stereocenters. The topological polar surface area (TPSA) is 86.3 Å². The molecule has 1 unspecified atom stereocenters. The minimum atomic E-state index is -0.908. The van der Waals surface area contributed by atoms with Crippen LogP contribution in [0.25, 0.3) is 0 Å². The smallest absolute Gasteiger partial charge is 0.311 e. The SMILES string of the molecule is CNCCc1cc(OC)c(OC)cc1C(Cc1cccc2c1OCO2)C(=O)O. The lowest BCUT2D eigenvalue weighted by molar-refractivity contribution is -0.138. The molecule has 0 fully saturated rings. The van der Waals surface area contributed by atoms with Crippen molar-refractivity contribution in [2.24, 2.45) is 0 Å². The van der Waals surface area contributed by atoms with Crippen molar-refractivity contribution in [3.63, 3.8) is 0 Å². The fourth-order valence-corrected chi connectivity index (χ4v) is 3.44. The fourth-order valence-electron chi connectivity index (χ4n) is 3.44. The highest BCUT2D eigenvalue weighted by atomic mass is 16.7. The van der Waals surface area contributed by atoms with Crippen LogP contribution in [0.3, 0.4) is 0 Å². The lowest BCUT2D eigenvalue weighted by Gasteiger charge is -2.20. The van der Waals surface area contributed by atoms with Crippen molar-refractivity contribution in [2.75, 3.05) is 34.6 Å². The van der Waals surface area contributed by atoms with Crippen molar-refractivity contribution in [2.45, 2.75) is 18.8 Å². The Labute approximate surface area is 164 Å². The van der Waals surface area contributed by atoms with E-state index in [1.807, 2.05) is 31.3 Å². The molecule has 0 spiro atoms. The Morgan fingerprint density at radius 3 is 2.61 bits per heavy atom. The van der Waals surface area contributed by atoms with Gasteiger partial charge >= 0.3 is 5.97 Å². The summed E-state index contributed by atoms with van der Waals surface area (Å²) in [6, 6.07) is 9.16. The van der Waals surface area contributed by atoms with Crippen molar-refractivity contribution >= 4 is 5.97 Å². The van der Waals surface area contributed by atoms with Crippen LogP contribution in [0.2, 0.25) is 0 Å². The summed E-state index contributed by atoms with van der Waals surface area (Å²) in [4.78, 5) is 12.2. The van der Waals surface area contributed by atoms with Gasteiger partial charge < -0.3 is 29.4 Å². The minimum absolute atomic E-state index is 0.147. The number of methoxy groups -OCH3 is 2. The molecular formula is C21H25NO6. The van der Waals surface area contributed by atoms with E-state index in [4.69, 9.17) is 18.9 Å². The molecule has 7 nitrogen and oxygen atoms in total. The lowest BCUT2D eigenvalue weighted by atomic mass is 9.87. The molecule has 0 aromatic heterocycles. The summed E-state index contributed by atoms with van der Waals surface area (Å²) in [5.41, 5.74) is 2.41. The molecule has 2 N–H and O–H groups in total. The first-order valence-electron chi connectivity index (χ1n) is 9.08. The first-order chi connectivity index (χ1) is 13.6. The molecule has 7 heteroatoms. The number of hydrogen-bond acceptors (Lipinski definition) is 6. The van der Waals surface area contributed by atoms with Gasteiger partial charge in [-0.2, -0.15) is 0 Å². The molecular weight excluding hydrogens is 362 g/mol. The molecule has 0 radical (unpaired) electrons. The highest BCUT2D eigenvalue weighted by Gasteiger charge is 2.28. The van der Waals surface area contributed by atoms with Gasteiger partial charge in [0.2, 0.25) is 6.79 Å². The maximum atomic E-state index is 12.2. The van der Waals surface area contributed by atoms with E-state index in [0.29, 0.717) is 41.5 Å². The van der Waals surface area contributed by atoms with Gasteiger partial charge in [0.05, 0.1) is 20.1 Å². The normalized spacial score (nSPS) is 13.2. The largest absolute Gasteiger partial charge is 0.493 e. The standard InChI is InChI=1S/C21H25NO6/c1-22-8-7-13-10-18(25-2)19(26-3)11-15(13)16(21(23)24)9-14-5-4-6-17-20(14)28-12-27-17/h4-6,10-11,16,22H,7-9,12H2,1-3H3,(H,23,24). The van der Waals surface area contributed by atoms with Gasteiger partial charge in [-0.3, -0.25) is 4.79 Å². The summed E-state index contributed by atoms with van der Waals surface area (Å²) < 4.78 is 21.8. The first kappa shape index (κ1) is 19.8. The highest BCUT2D eigenvalue weighted by Crippen LogP contribution is 2.40. The third-order valence-electron chi connectivity index (χ3n) is 4.87. The van der Waals surface area contributed by atoms with E-state index in [9.17, 15) is 9.90 Å². The molecule has 0 amide bonds. The molecule has 2 aromatic carbocycles. The number of ether oxygens (including phenoxy) is 4. The number of carbonyl (C=O) groups is 1. The summed E-state index contributed by atoms with van der Waals surface area (Å²) >= 11 is 0. The summed E-state index contributed by atoms with van der Waals surface area (Å²) in [5, 5.41) is 13.1. The maximum Gasteiger partial charge on any atom is 0.311 e. The number of aliphatic carboxylic acids is 1. The Kier molecular flexibility index (Phi) is 6.26. The van der Waals surface area contributed by atoms with Crippen LogP contribution in [0, 0.1) is 0 Å². The Balaban J connectivity index is 2.03. The van der Waals surface area contributed by atoms with Gasteiger partial charge in [0.15, 0.2) is 23.0 Å². The van der Waals surface area contributed by atoms with Crippen LogP contribution in [0.15, 0.2) is 30.3 Å². The number of likely N-dealkylation sites (N-methyl/N-ethyl adjacent to an activating group) is 1. The van der Waals surface area contributed by atoms with E-state index in [0.717, 1.165) is 11.1 Å². The average Bonchev–Trinajstić information content (AvgIpc) is 3.19. The number of para-hydroxylation sites is 1. The minimum Gasteiger partial charge on any atom is -0.493 e. The molecule has 2 aromatic rings. The van der Waals surface area contributed by atoms with Crippen LogP contribution in [-0.4, -0.2) is 45.7 Å². The van der Waals surface area contributed by atoms with Gasteiger partial charge in [-0.25, -0.2) is 0 Å². The van der Waals surface area contributed by atoms with E-state index in [1.165, 1.54) is 0 Å². The maximum absolute atomic E-state index is 12.2. The van der Waals surface area contributed by atoms with E-state index in [2.05, 4.69) is 5.32 Å². The van der Waals surface area contributed by atoms with Crippen LogP contribution in [0.4, 0.5) is 0 Å². The quantitative estimate of drug-likeness (QED) is 0.684. The third kappa shape index (κ3) is 3.99. The summed E-state index contributed by atoms with van der Waals surface area (Å²) in [7, 11) is 4.97. The van der Waals surface area contributed by atoms with Crippen molar-refractivity contribution in [3.8, 4) is 23.0 Å². The molecule has 0 bridgehead atoms. The number of carboxylic acids is 1. The number of rotatable bonds is 9. The van der Waals surface area contributed by atoms with Crippen LogP contribution >= 0.6 is 0 Å². The van der Waals surface area contributed by atoms with Gasteiger partial charge in [-0.1, -0.05) is 12.1 Å². The molecule has 150 valence electrons. The zero-order chi connectivity index (χ0) is 20.1. The molecule has 28 heavy (non-hydrogen) atoms. The molecule has 0 saturated heterocycles. The second kappa shape index (κ2) is 8.84. The molecule has 0 saturated carbocycles. The highest BCUT2D eigenvalue weighted by molar-refractivity contribution is 5.78. The Morgan fingerprint density at radius 2 is 1.93 bits per heavy atom. The fraction of sp³-hybridized carbons (Fsp3) is 0.381. The summed E-state index contributed by atoms with van der Waals surface area (Å²) in [5.74, 6) is 0.681. The zero-order valence-electron chi connectivity index (χ0n) is 16.3. The van der Waals surface area contributed by atoms with Crippen molar-refractivity contribution in [1.82, 2.24) is 5.32 Å². The number of hydrogen-bond donors (Lipinski definition) is 2. The van der Waals surface area contributed by atoms with E-state index in [1.54, 1.807) is 20.3 Å². The predicted octanol–water partition coefficient (Wildman–Crippen LogP) is 2.61. The molecule has 1 aliphatic heterocycles. The predicted molar refractivity (Wildman–Crippen MR) is 104 cm³/mol. The number of benzene rings is 2. The van der Waals surface area contributed by atoms with Gasteiger partial charge in [0.1, 0.15) is 0 Å². The van der Waals surface area contributed by atoms with Gasteiger partial charge in [0, 0.05) is 0 Å².